The van der Waals surface area contributed by atoms with Gasteiger partial charge in [0.2, 0.25) is 0 Å². The van der Waals surface area contributed by atoms with Crippen molar-refractivity contribution in [3.63, 3.8) is 0 Å². The molecule has 0 spiro atoms. The van der Waals surface area contributed by atoms with Crippen LogP contribution >= 0.6 is 11.3 Å². The fourth-order valence-electron chi connectivity index (χ4n) is 1.57. The molecule has 2 heterocycles. The Hall–Kier alpha value is -1.89. The Morgan fingerprint density at radius 2 is 2.16 bits per heavy atom. The second kappa shape index (κ2) is 4.65. The van der Waals surface area contributed by atoms with Crippen molar-refractivity contribution < 1.29 is 4.79 Å². The summed E-state index contributed by atoms with van der Waals surface area (Å²) in [6.45, 7) is 7.97. The van der Waals surface area contributed by atoms with Gasteiger partial charge in [0.25, 0.3) is 5.91 Å². The van der Waals surface area contributed by atoms with Gasteiger partial charge in [-0.2, -0.15) is 5.10 Å². The van der Waals surface area contributed by atoms with Crippen LogP contribution in [0.25, 0.3) is 0 Å². The number of nitrogens with one attached hydrogen (secondary N) is 2. The van der Waals surface area contributed by atoms with Crippen LogP contribution in [0, 0.1) is 6.92 Å². The van der Waals surface area contributed by atoms with E-state index in [-0.39, 0.29) is 11.3 Å². The van der Waals surface area contributed by atoms with Crippen LogP contribution in [0.5, 0.6) is 0 Å². The highest BCUT2D eigenvalue weighted by Crippen LogP contribution is 2.24. The third-order valence-electron chi connectivity index (χ3n) is 2.65. The van der Waals surface area contributed by atoms with Gasteiger partial charge in [0, 0.05) is 17.2 Å². The van der Waals surface area contributed by atoms with E-state index >= 15 is 0 Å². The van der Waals surface area contributed by atoms with Gasteiger partial charge in [0.05, 0.1) is 5.69 Å². The molecular weight excluding hydrogens is 262 g/mol. The van der Waals surface area contributed by atoms with Crippen LogP contribution in [-0.4, -0.2) is 21.1 Å². The Bertz CT molecular complexity index is 608. The van der Waals surface area contributed by atoms with Crippen LogP contribution in [0.1, 0.15) is 41.8 Å². The quantitative estimate of drug-likeness (QED) is 0.785. The van der Waals surface area contributed by atoms with Crippen LogP contribution in [0.2, 0.25) is 0 Å². The molecule has 0 fully saturated rings. The number of hydrogen-bond donors (Lipinski definition) is 3. The highest BCUT2D eigenvalue weighted by atomic mass is 32.1. The number of anilines is 2. The Labute approximate surface area is 115 Å². The summed E-state index contributed by atoms with van der Waals surface area (Å²) in [7, 11) is 0. The van der Waals surface area contributed by atoms with Gasteiger partial charge in [-0.05, 0) is 6.92 Å². The predicted molar refractivity (Wildman–Crippen MR) is 76.5 cm³/mol. The number of thiazole rings is 1. The van der Waals surface area contributed by atoms with E-state index in [1.807, 2.05) is 6.07 Å². The number of aromatic nitrogens is 3. The monoisotopic (exact) mass is 279 g/mol. The van der Waals surface area contributed by atoms with Crippen molar-refractivity contribution in [2.24, 2.45) is 0 Å². The number of aromatic amines is 1. The van der Waals surface area contributed by atoms with Gasteiger partial charge < -0.3 is 11.1 Å². The van der Waals surface area contributed by atoms with Crippen LogP contribution < -0.4 is 11.1 Å². The fourth-order valence-corrected chi connectivity index (χ4v) is 2.30. The molecule has 0 saturated carbocycles. The third kappa shape index (κ3) is 2.93. The summed E-state index contributed by atoms with van der Waals surface area (Å²) in [6, 6.07) is 1.83. The lowest BCUT2D eigenvalue weighted by atomic mass is 9.92. The molecule has 1 amide bonds. The molecule has 2 rings (SSSR count). The molecule has 2 aromatic heterocycles. The van der Waals surface area contributed by atoms with Gasteiger partial charge in [-0.25, -0.2) is 4.98 Å². The first-order valence-corrected chi connectivity index (χ1v) is 6.69. The molecule has 0 bridgehead atoms. The SMILES string of the molecule is Cc1nc(N)sc1C(=O)Nc1cc(C(C)(C)C)[nH]n1. The molecule has 0 aromatic carbocycles. The van der Waals surface area contributed by atoms with Crippen LogP contribution in [0.15, 0.2) is 6.07 Å². The zero-order valence-electron chi connectivity index (χ0n) is 11.4. The number of amides is 1. The van der Waals surface area contributed by atoms with Crippen molar-refractivity contribution in [2.75, 3.05) is 11.1 Å². The average molecular weight is 279 g/mol. The molecule has 0 aliphatic heterocycles. The number of carbonyl (C=O) groups is 1. The molecule has 0 aliphatic carbocycles. The molecule has 0 unspecified atom stereocenters. The largest absolute Gasteiger partial charge is 0.375 e. The van der Waals surface area contributed by atoms with Gasteiger partial charge >= 0.3 is 0 Å². The number of nitrogens with zero attached hydrogens (tertiary/aromatic N) is 2. The topological polar surface area (TPSA) is 96.7 Å². The highest BCUT2D eigenvalue weighted by molar-refractivity contribution is 7.17. The fraction of sp³-hybridized carbons (Fsp3) is 0.417. The second-order valence-corrected chi connectivity index (χ2v) is 6.37. The van der Waals surface area contributed by atoms with E-state index in [2.05, 4.69) is 41.3 Å². The molecule has 0 radical (unpaired) electrons. The summed E-state index contributed by atoms with van der Waals surface area (Å²) < 4.78 is 0. The molecule has 0 atom stereocenters. The summed E-state index contributed by atoms with van der Waals surface area (Å²) in [6.07, 6.45) is 0. The number of H-pyrrole nitrogens is 1. The zero-order chi connectivity index (χ0) is 14.2. The Morgan fingerprint density at radius 1 is 1.47 bits per heavy atom. The van der Waals surface area contributed by atoms with Gasteiger partial charge in [0.1, 0.15) is 4.88 Å². The lowest BCUT2D eigenvalue weighted by molar-refractivity contribution is 0.102. The van der Waals surface area contributed by atoms with E-state index in [4.69, 9.17) is 5.73 Å². The molecule has 6 nitrogen and oxygen atoms in total. The third-order valence-corrected chi connectivity index (χ3v) is 3.63. The first-order valence-electron chi connectivity index (χ1n) is 5.87. The lowest BCUT2D eigenvalue weighted by Gasteiger charge is -2.14. The summed E-state index contributed by atoms with van der Waals surface area (Å²) in [4.78, 5) is 16.6. The lowest BCUT2D eigenvalue weighted by Crippen LogP contribution is -2.12. The number of aryl methyl sites for hydroxylation is 1. The van der Waals surface area contributed by atoms with E-state index in [9.17, 15) is 4.79 Å². The van der Waals surface area contributed by atoms with Gasteiger partial charge in [-0.15, -0.1) is 0 Å². The van der Waals surface area contributed by atoms with Crippen molar-refractivity contribution in [2.45, 2.75) is 33.1 Å². The maximum Gasteiger partial charge on any atom is 0.268 e. The Kier molecular flexibility index (Phi) is 3.32. The van der Waals surface area contributed by atoms with E-state index in [0.29, 0.717) is 21.5 Å². The van der Waals surface area contributed by atoms with E-state index in [0.717, 1.165) is 5.69 Å². The zero-order valence-corrected chi connectivity index (χ0v) is 12.2. The van der Waals surface area contributed by atoms with E-state index in [1.165, 1.54) is 11.3 Å². The molecule has 0 saturated heterocycles. The first kappa shape index (κ1) is 13.5. The normalized spacial score (nSPS) is 11.6. The Morgan fingerprint density at radius 3 is 2.63 bits per heavy atom. The van der Waals surface area contributed by atoms with Crippen molar-refractivity contribution in [1.82, 2.24) is 15.2 Å². The number of rotatable bonds is 2. The van der Waals surface area contributed by atoms with E-state index < -0.39 is 0 Å². The number of nitrogen functional groups attached to an aromatic ring is 1. The molecule has 4 N–H and O–H groups in total. The molecule has 2 aromatic rings. The minimum Gasteiger partial charge on any atom is -0.375 e. The summed E-state index contributed by atoms with van der Waals surface area (Å²) in [5.41, 5.74) is 7.13. The van der Waals surface area contributed by atoms with Crippen molar-refractivity contribution in [1.29, 1.82) is 0 Å². The van der Waals surface area contributed by atoms with Crippen molar-refractivity contribution >= 4 is 28.2 Å². The van der Waals surface area contributed by atoms with Crippen LogP contribution in [0.4, 0.5) is 10.9 Å². The minimum atomic E-state index is -0.237. The summed E-state index contributed by atoms with van der Waals surface area (Å²) in [5.74, 6) is 0.264. The maximum absolute atomic E-state index is 12.1. The highest BCUT2D eigenvalue weighted by Gasteiger charge is 2.19. The molecule has 19 heavy (non-hydrogen) atoms. The van der Waals surface area contributed by atoms with Crippen LogP contribution in [0.3, 0.4) is 0 Å². The van der Waals surface area contributed by atoms with Crippen LogP contribution in [-0.2, 0) is 5.41 Å². The predicted octanol–water partition coefficient (Wildman–Crippen LogP) is 2.31. The maximum atomic E-state index is 12.1. The Balaban J connectivity index is 2.16. The van der Waals surface area contributed by atoms with Gasteiger partial charge in [-0.1, -0.05) is 32.1 Å². The molecule has 102 valence electrons. The van der Waals surface area contributed by atoms with Crippen molar-refractivity contribution in [3.05, 3.63) is 22.3 Å². The summed E-state index contributed by atoms with van der Waals surface area (Å²) in [5, 5.41) is 10.1. The van der Waals surface area contributed by atoms with Crippen molar-refractivity contribution in [3.8, 4) is 0 Å². The van der Waals surface area contributed by atoms with Gasteiger partial charge in [0.15, 0.2) is 10.9 Å². The second-order valence-electron chi connectivity index (χ2n) is 5.34. The molecule has 7 heteroatoms. The molecular formula is C12H17N5OS. The summed E-state index contributed by atoms with van der Waals surface area (Å²) >= 11 is 1.17. The number of hydrogen-bond acceptors (Lipinski definition) is 5. The van der Waals surface area contributed by atoms with E-state index in [1.54, 1.807) is 6.92 Å². The molecule has 0 aliphatic rings. The smallest absolute Gasteiger partial charge is 0.268 e. The number of nitrogens with two attached hydrogens (primary N) is 1. The minimum absolute atomic E-state index is 0.0409. The van der Waals surface area contributed by atoms with Gasteiger partial charge in [-0.3, -0.25) is 9.89 Å². The average Bonchev–Trinajstić information content (AvgIpc) is 2.84. The first-order chi connectivity index (χ1) is 8.77. The number of carbonyl (C=O) groups excluding carboxylic acids is 1. The standard InChI is InChI=1S/C12H17N5OS/c1-6-9(19-11(13)14-6)10(18)15-8-5-7(16-17-8)12(2,3)4/h5H,1-4H3,(H2,13,14)(H2,15,16,17,18).